The summed E-state index contributed by atoms with van der Waals surface area (Å²) < 4.78 is 12.5. The van der Waals surface area contributed by atoms with Crippen molar-refractivity contribution in [1.82, 2.24) is 78.3 Å². The van der Waals surface area contributed by atoms with Crippen molar-refractivity contribution in [1.29, 1.82) is 0 Å². The standard InChI is InChI=1S/C82H119N21O17S2/c1-8-50(4)70-80(116)91-59(30-19-21-33-87-68(108)45-120-38-37-119-36-34-86-52(6)105)74(110)88-56(40-53-23-12-9-13-24-53)41-67(107)89-58(29-18-20-32-83)75(111)93-62(73(84)109)46-121-122-47-63(78(114)95-70)94-79(115)64-31-22-35-103(64)82(118)72(69(54-25-14-10-15-26-54)55-27-16-11-17-28-55)97-76(112)60(42-57-44-85-48-102(57)7)92-81(117)71(51(5)104)96-77(113)61(43-65-98-100-101-99-65)90-66(106)39-49(2)3/h9-17,23-28,44,48-51,56,58-65,69-72,104H,8,18-22,29-43,45-47,83H2,1-7H3,(H2,84,109)(H,86,105)(H,87,108)(H,88,110)(H,89,107)(H,90,106)(H,91,116)(H,92,117)(H,93,111)(H,94,115)(H,95,114)(H,96,113)(H,97,112)/t50-,51+,56-,58+,59-,60-,61-,62-,63-,64-,70-,71-,72-/m0/s1. The number of hydrogen-bond donors (Lipinski definition) is 15. The van der Waals surface area contributed by atoms with E-state index in [1.807, 2.05) is 0 Å². The van der Waals surface area contributed by atoms with Crippen LogP contribution >= 0.6 is 21.6 Å². The molecule has 2 saturated heterocycles. The molecule has 14 amide bonds. The van der Waals surface area contributed by atoms with E-state index in [4.69, 9.17) is 20.9 Å². The van der Waals surface area contributed by atoms with Crippen molar-refractivity contribution in [2.45, 2.75) is 216 Å². The van der Waals surface area contributed by atoms with Gasteiger partial charge in [0.1, 0.15) is 67.0 Å². The van der Waals surface area contributed by atoms with Crippen molar-refractivity contribution in [2.24, 2.45) is 51.0 Å². The molecule has 13 atom stereocenters. The van der Waals surface area contributed by atoms with Gasteiger partial charge in [-0.3, -0.25) is 67.1 Å². The predicted molar refractivity (Wildman–Crippen MR) is 453 cm³/mol. The Labute approximate surface area is 717 Å². The highest BCUT2D eigenvalue weighted by molar-refractivity contribution is 8.76. The number of primary amides is 1. The van der Waals surface area contributed by atoms with Gasteiger partial charge in [0.15, 0.2) is 6.17 Å². The third kappa shape index (κ3) is 32.9. The maximum Gasteiger partial charge on any atom is 0.246 e. The van der Waals surface area contributed by atoms with Crippen LogP contribution in [0.4, 0.5) is 0 Å². The van der Waals surface area contributed by atoms with Gasteiger partial charge in [-0.15, -0.1) is 10.2 Å². The third-order valence-corrected chi connectivity index (χ3v) is 23.0. The van der Waals surface area contributed by atoms with Crippen LogP contribution in [0.1, 0.15) is 147 Å². The maximum absolute atomic E-state index is 16.2. The average Bonchev–Trinajstić information content (AvgIpc) is 1.41. The number of aliphatic hydroxyl groups excluding tert-OH is 1. The van der Waals surface area contributed by atoms with E-state index in [1.54, 1.807) is 130 Å². The Balaban J connectivity index is 1.21. The van der Waals surface area contributed by atoms with Crippen LogP contribution in [-0.2, 0) is 96.5 Å². The number of hydrogen-bond acceptors (Lipinski definition) is 25. The summed E-state index contributed by atoms with van der Waals surface area (Å²) in [4.78, 5) is 207. The Kier molecular flexibility index (Phi) is 41.8. The molecule has 0 unspecified atom stereocenters. The molecule has 38 nitrogen and oxygen atoms in total. The molecule has 3 aliphatic heterocycles. The molecule has 122 heavy (non-hydrogen) atoms. The number of carbonyl (C=O) groups excluding carboxylic acids is 14. The van der Waals surface area contributed by atoms with Gasteiger partial charge in [-0.05, 0) is 110 Å². The molecule has 2 fully saturated rings. The Bertz CT molecular complexity index is 4120. The molecule has 4 aromatic rings. The summed E-state index contributed by atoms with van der Waals surface area (Å²) in [5.74, 6) is -12.6. The van der Waals surface area contributed by atoms with Gasteiger partial charge < -0.3 is 99.3 Å². The number of benzene rings is 3. The first-order chi connectivity index (χ1) is 58.5. The van der Waals surface area contributed by atoms with E-state index in [1.165, 1.54) is 31.3 Å². The number of rotatable bonds is 42. The smallest absolute Gasteiger partial charge is 0.246 e. The van der Waals surface area contributed by atoms with Crippen molar-refractivity contribution < 1.29 is 81.7 Å². The number of unbranched alkanes of at least 4 members (excludes halogenated alkanes) is 2. The van der Waals surface area contributed by atoms with Crippen molar-refractivity contribution in [3.05, 3.63) is 126 Å². The van der Waals surface area contributed by atoms with Crippen molar-refractivity contribution >= 4 is 104 Å². The lowest BCUT2D eigenvalue weighted by atomic mass is 9.84. The van der Waals surface area contributed by atoms with Gasteiger partial charge >= 0.3 is 0 Å². The molecule has 17 N–H and O–H groups in total. The monoisotopic (exact) mass is 1730 g/mol. The second-order valence-electron chi connectivity index (χ2n) is 30.8. The number of ether oxygens (including phenoxy) is 2. The van der Waals surface area contributed by atoms with Gasteiger partial charge in [-0.2, -0.15) is 0 Å². The highest BCUT2D eigenvalue weighted by Gasteiger charge is 2.45. The van der Waals surface area contributed by atoms with Crippen LogP contribution in [0.2, 0.25) is 0 Å². The minimum absolute atomic E-state index is 0.0246. The summed E-state index contributed by atoms with van der Waals surface area (Å²) in [6.07, 6.45) is 1.62. The molecule has 3 aromatic carbocycles. The van der Waals surface area contributed by atoms with E-state index in [2.05, 4.69) is 89.5 Å². The summed E-state index contributed by atoms with van der Waals surface area (Å²) in [5.41, 5.74) is 14.0. The van der Waals surface area contributed by atoms with Gasteiger partial charge in [-0.25, -0.2) is 4.98 Å². The zero-order valence-electron chi connectivity index (χ0n) is 70.1. The van der Waals surface area contributed by atoms with Gasteiger partial charge in [0.2, 0.25) is 82.7 Å². The molecule has 666 valence electrons. The zero-order valence-corrected chi connectivity index (χ0v) is 71.7. The Morgan fingerprint density at radius 3 is 1.91 bits per heavy atom. The number of nitrogens with one attached hydrogen (secondary N) is 12. The Morgan fingerprint density at radius 2 is 1.29 bits per heavy atom. The first-order valence-electron chi connectivity index (χ1n) is 41.3. The van der Waals surface area contributed by atoms with E-state index in [9.17, 15) is 43.5 Å². The van der Waals surface area contributed by atoms with Gasteiger partial charge in [0, 0.05) is 94.6 Å². The molecule has 4 heterocycles. The molecule has 0 saturated carbocycles. The molecule has 0 bridgehead atoms. The Morgan fingerprint density at radius 1 is 0.664 bits per heavy atom. The second kappa shape index (κ2) is 51.8. The molecule has 0 radical (unpaired) electrons. The normalized spacial score (nSPS) is 20.4. The minimum atomic E-state index is -1.77. The van der Waals surface area contributed by atoms with Crippen molar-refractivity contribution in [2.75, 3.05) is 64.1 Å². The molecule has 0 spiro atoms. The van der Waals surface area contributed by atoms with Crippen molar-refractivity contribution in [3.8, 4) is 0 Å². The van der Waals surface area contributed by atoms with Crippen LogP contribution in [0.25, 0.3) is 0 Å². The first-order valence-corrected chi connectivity index (χ1v) is 43.8. The molecule has 1 aromatic heterocycles. The molecule has 3 aliphatic rings. The first kappa shape index (κ1) is 98.3. The van der Waals surface area contributed by atoms with Crippen LogP contribution in [0.5, 0.6) is 0 Å². The summed E-state index contributed by atoms with van der Waals surface area (Å²) in [6, 6.07) is 11.0. The minimum Gasteiger partial charge on any atom is -0.391 e. The van der Waals surface area contributed by atoms with Gasteiger partial charge in [0.25, 0.3) is 0 Å². The van der Waals surface area contributed by atoms with Crippen LogP contribution in [0.15, 0.2) is 124 Å². The summed E-state index contributed by atoms with van der Waals surface area (Å²) in [6.45, 7) is 10.6. The highest BCUT2D eigenvalue weighted by Crippen LogP contribution is 2.33. The van der Waals surface area contributed by atoms with Gasteiger partial charge in [-0.1, -0.05) is 147 Å². The second-order valence-corrected chi connectivity index (χ2v) is 33.4. The summed E-state index contributed by atoms with van der Waals surface area (Å²) >= 11 is 0. The fraction of sp³-hybridized carbons (Fsp3) is 0.573. The fourth-order valence-corrected chi connectivity index (χ4v) is 16.2. The number of aliphatic hydroxyl groups is 1. The topological polar surface area (TPSA) is 545 Å². The molecule has 40 heteroatoms. The van der Waals surface area contributed by atoms with E-state index in [-0.39, 0.29) is 134 Å². The number of nitrogens with zero attached hydrogens (tertiary/aromatic N) is 7. The molecular formula is C82H119N21O17S2. The molecule has 0 aliphatic carbocycles. The fourth-order valence-electron chi connectivity index (χ4n) is 13.9. The molecule has 7 rings (SSSR count). The lowest BCUT2D eigenvalue weighted by molar-refractivity contribution is -0.143. The number of carbonyl (C=O) groups is 14. The number of aromatic nitrogens is 2. The van der Waals surface area contributed by atoms with Gasteiger partial charge in [0.05, 0.1) is 32.3 Å². The zero-order chi connectivity index (χ0) is 88.6. The van der Waals surface area contributed by atoms with Crippen molar-refractivity contribution in [3.63, 3.8) is 0 Å². The quantitative estimate of drug-likeness (QED) is 0.0215. The predicted octanol–water partition coefficient (Wildman–Crippen LogP) is 0.754. The summed E-state index contributed by atoms with van der Waals surface area (Å²) in [7, 11) is 3.66. The van der Waals surface area contributed by atoms with Crippen LogP contribution in [-0.4, -0.2) is 245 Å². The summed E-state index contributed by atoms with van der Waals surface area (Å²) in [5, 5.41) is 59.4. The SMILES string of the molecule is CC[C@H](C)[C@@H]1NC(=O)[C@@H](NC(=O)[C@@H]2CCCN2C(=O)[C@@H](NC(=O)[C@H](Cc2cncn2C)NC(=O)[C@@H](NC(=O)[C@H](CC2N=NN=N2)NC(=O)CC(C)C)[C@@H](C)O)C(c2ccccc2)c2ccccc2)CSSC[C@@H](C(N)=O)NC(=O)[C@@H](CCCCN)NC(=O)C[C@H](Cc2ccccc2)NC(=O)[C@H](CCCCNC(=O)COCCOCCNC(C)=O)NC1=O. The van der Waals surface area contributed by atoms with E-state index in [0.717, 1.165) is 27.2 Å². The largest absolute Gasteiger partial charge is 0.391 e. The maximum atomic E-state index is 16.2. The lowest BCUT2D eigenvalue weighted by Crippen LogP contribution is -2.62. The van der Waals surface area contributed by atoms with Crippen LogP contribution in [0, 0.1) is 11.8 Å². The van der Waals surface area contributed by atoms with E-state index in [0.29, 0.717) is 49.0 Å². The lowest BCUT2D eigenvalue weighted by Gasteiger charge is -2.35. The number of nitrogens with two attached hydrogens (primary N) is 2. The number of amides is 14. The van der Waals surface area contributed by atoms with E-state index < -0.39 is 167 Å². The van der Waals surface area contributed by atoms with Crippen LogP contribution < -0.4 is 75.3 Å². The number of aryl methyl sites for hydroxylation is 1. The number of imidazole rings is 1. The van der Waals surface area contributed by atoms with Crippen LogP contribution in [0.3, 0.4) is 0 Å². The molecular weight excluding hydrogens is 1620 g/mol. The number of likely N-dealkylation sites (tertiary alicyclic amines) is 1. The highest BCUT2D eigenvalue weighted by atomic mass is 33.1. The Hall–Kier alpha value is -10.8. The average molecular weight is 1740 g/mol. The van der Waals surface area contributed by atoms with E-state index >= 15 is 28.8 Å². The third-order valence-electron chi connectivity index (χ3n) is 20.6.